The third kappa shape index (κ3) is 1.29. The second-order valence-corrected chi connectivity index (χ2v) is 2.01. The summed E-state index contributed by atoms with van der Waals surface area (Å²) in [4.78, 5) is 0. The molecule has 0 aliphatic heterocycles. The van der Waals surface area contributed by atoms with Crippen LogP contribution in [0.3, 0.4) is 0 Å². The van der Waals surface area contributed by atoms with E-state index in [0.29, 0.717) is 0 Å². The fourth-order valence-electron chi connectivity index (χ4n) is 0.679. The van der Waals surface area contributed by atoms with Gasteiger partial charge in [-0.1, -0.05) is 5.92 Å². The predicted molar refractivity (Wildman–Crippen MR) is 41.3 cm³/mol. The molecule has 0 aromatic carbocycles. The van der Waals surface area contributed by atoms with Crippen molar-refractivity contribution in [3.8, 4) is 12.3 Å². The van der Waals surface area contributed by atoms with E-state index in [4.69, 9.17) is 10.8 Å². The molecule has 0 aliphatic carbocycles. The summed E-state index contributed by atoms with van der Waals surface area (Å²) >= 11 is 0. The minimum absolute atomic E-state index is 1.04. The van der Waals surface area contributed by atoms with Crippen molar-refractivity contribution in [1.29, 1.82) is 0 Å². The molecule has 1 rings (SSSR count). The number of rotatable bonds is 1. The Morgan fingerprint density at radius 1 is 1.60 bits per heavy atom. The Balaban J connectivity index is 2.87. The molecule has 0 unspecified atom stereocenters. The molecular weight excluding hydrogens is 124 g/mol. The van der Waals surface area contributed by atoms with E-state index in [0.717, 1.165) is 11.1 Å². The molecule has 0 radical (unpaired) electrons. The molecule has 0 saturated carbocycles. The van der Waals surface area contributed by atoms with Crippen molar-refractivity contribution in [2.45, 2.75) is 6.92 Å². The van der Waals surface area contributed by atoms with Crippen molar-refractivity contribution in [2.75, 3.05) is 0 Å². The molecule has 50 valence electrons. The van der Waals surface area contributed by atoms with Gasteiger partial charge in [0.05, 0.1) is 12.5 Å². The molecule has 0 saturated heterocycles. The van der Waals surface area contributed by atoms with Crippen molar-refractivity contribution in [1.82, 2.24) is 0 Å². The molecule has 1 aromatic heterocycles. The summed E-state index contributed by atoms with van der Waals surface area (Å²) < 4.78 is 4.92. The molecular formula is C9H8O. The quantitative estimate of drug-likeness (QED) is 0.534. The van der Waals surface area contributed by atoms with Crippen LogP contribution in [-0.2, 0) is 0 Å². The van der Waals surface area contributed by atoms with E-state index >= 15 is 0 Å². The Labute approximate surface area is 60.4 Å². The van der Waals surface area contributed by atoms with Gasteiger partial charge in [0.25, 0.3) is 0 Å². The van der Waals surface area contributed by atoms with Gasteiger partial charge in [-0.05, 0) is 24.6 Å². The average molecular weight is 132 g/mol. The molecule has 0 atom stereocenters. The van der Waals surface area contributed by atoms with E-state index in [1.807, 2.05) is 13.0 Å². The molecule has 0 bridgehead atoms. The van der Waals surface area contributed by atoms with Crippen LogP contribution in [0.1, 0.15) is 11.1 Å². The lowest BCUT2D eigenvalue weighted by Gasteiger charge is -1.82. The average Bonchev–Trinajstić information content (AvgIpc) is 2.31. The zero-order chi connectivity index (χ0) is 7.40. The summed E-state index contributed by atoms with van der Waals surface area (Å²) in [5.41, 5.74) is 2.14. The first-order chi connectivity index (χ1) is 4.84. The van der Waals surface area contributed by atoms with Gasteiger partial charge in [0, 0.05) is 5.56 Å². The zero-order valence-corrected chi connectivity index (χ0v) is 5.79. The Hall–Kier alpha value is -1.42. The summed E-state index contributed by atoms with van der Waals surface area (Å²) in [6, 6.07) is 0. The van der Waals surface area contributed by atoms with E-state index in [1.54, 1.807) is 18.6 Å². The van der Waals surface area contributed by atoms with Gasteiger partial charge in [-0.2, -0.15) is 0 Å². The normalized spacial score (nSPS) is 10.0. The summed E-state index contributed by atoms with van der Waals surface area (Å²) in [6.07, 6.45) is 11.9. The van der Waals surface area contributed by atoms with E-state index in [1.165, 1.54) is 0 Å². The second kappa shape index (κ2) is 2.93. The first kappa shape index (κ1) is 6.70. The van der Waals surface area contributed by atoms with Gasteiger partial charge in [0.1, 0.15) is 0 Å². The van der Waals surface area contributed by atoms with Crippen LogP contribution in [0.5, 0.6) is 0 Å². The van der Waals surface area contributed by atoms with Crippen LogP contribution in [0.2, 0.25) is 0 Å². The zero-order valence-electron chi connectivity index (χ0n) is 5.79. The van der Waals surface area contributed by atoms with Gasteiger partial charge in [0.15, 0.2) is 0 Å². The molecule has 0 N–H and O–H groups in total. The molecule has 0 spiro atoms. The number of furan rings is 1. The van der Waals surface area contributed by atoms with Crippen molar-refractivity contribution in [3.05, 3.63) is 29.7 Å². The lowest BCUT2D eigenvalue weighted by atomic mass is 10.2. The third-order valence-corrected chi connectivity index (χ3v) is 1.25. The number of allylic oxidation sites excluding steroid dienone is 1. The maximum absolute atomic E-state index is 5.03. The van der Waals surface area contributed by atoms with Crippen LogP contribution >= 0.6 is 0 Å². The molecule has 0 amide bonds. The van der Waals surface area contributed by atoms with Gasteiger partial charge in [-0.25, -0.2) is 0 Å². The fourth-order valence-corrected chi connectivity index (χ4v) is 0.679. The smallest absolute Gasteiger partial charge is 0.0977 e. The molecule has 0 aliphatic rings. The van der Waals surface area contributed by atoms with Crippen LogP contribution in [0, 0.1) is 19.3 Å². The SMILES string of the molecule is C#C/C=C\c1cocc1C. The Morgan fingerprint density at radius 2 is 2.40 bits per heavy atom. The minimum Gasteiger partial charge on any atom is -0.472 e. The second-order valence-electron chi connectivity index (χ2n) is 2.01. The number of aryl methyl sites for hydroxylation is 1. The van der Waals surface area contributed by atoms with E-state index < -0.39 is 0 Å². The number of hydrogen-bond donors (Lipinski definition) is 0. The molecule has 1 heterocycles. The molecule has 1 aromatic rings. The summed E-state index contributed by atoms with van der Waals surface area (Å²) in [6.45, 7) is 1.97. The lowest BCUT2D eigenvalue weighted by molar-refractivity contribution is 0.565. The fraction of sp³-hybridized carbons (Fsp3) is 0.111. The first-order valence-corrected chi connectivity index (χ1v) is 3.00. The van der Waals surface area contributed by atoms with Crippen molar-refractivity contribution in [3.63, 3.8) is 0 Å². The van der Waals surface area contributed by atoms with Gasteiger partial charge in [-0.3, -0.25) is 0 Å². The monoisotopic (exact) mass is 132 g/mol. The highest BCUT2D eigenvalue weighted by Crippen LogP contribution is 2.09. The molecule has 10 heavy (non-hydrogen) atoms. The summed E-state index contributed by atoms with van der Waals surface area (Å²) in [5.74, 6) is 2.41. The summed E-state index contributed by atoms with van der Waals surface area (Å²) in [7, 11) is 0. The topological polar surface area (TPSA) is 13.1 Å². The van der Waals surface area contributed by atoms with Crippen molar-refractivity contribution >= 4 is 6.08 Å². The number of hydrogen-bond acceptors (Lipinski definition) is 1. The van der Waals surface area contributed by atoms with Crippen molar-refractivity contribution < 1.29 is 4.42 Å². The first-order valence-electron chi connectivity index (χ1n) is 3.00. The Kier molecular flexibility index (Phi) is 1.96. The number of terminal acetylenes is 1. The van der Waals surface area contributed by atoms with Gasteiger partial charge in [-0.15, -0.1) is 6.42 Å². The molecule has 1 heteroatoms. The predicted octanol–water partition coefficient (Wildman–Crippen LogP) is 2.23. The largest absolute Gasteiger partial charge is 0.472 e. The van der Waals surface area contributed by atoms with Gasteiger partial charge >= 0.3 is 0 Å². The molecule has 1 nitrogen and oxygen atoms in total. The van der Waals surface area contributed by atoms with Crippen molar-refractivity contribution in [2.24, 2.45) is 0 Å². The van der Waals surface area contributed by atoms with Gasteiger partial charge in [0.2, 0.25) is 0 Å². The highest BCUT2D eigenvalue weighted by Gasteiger charge is 1.92. The van der Waals surface area contributed by atoms with Gasteiger partial charge < -0.3 is 4.42 Å². The Bertz CT molecular complexity index is 273. The standard InChI is InChI=1S/C9H8O/c1-3-4-5-9-7-10-6-8(9)2/h1,4-7H,2H3/b5-4-. The molecule has 0 fully saturated rings. The van der Waals surface area contributed by atoms with Crippen LogP contribution < -0.4 is 0 Å². The summed E-state index contributed by atoms with van der Waals surface area (Å²) in [5, 5.41) is 0. The van der Waals surface area contributed by atoms with E-state index in [-0.39, 0.29) is 0 Å². The van der Waals surface area contributed by atoms with Crippen LogP contribution in [-0.4, -0.2) is 0 Å². The van der Waals surface area contributed by atoms with E-state index in [9.17, 15) is 0 Å². The van der Waals surface area contributed by atoms with E-state index in [2.05, 4.69) is 5.92 Å². The lowest BCUT2D eigenvalue weighted by Crippen LogP contribution is -1.67. The van der Waals surface area contributed by atoms with Crippen LogP contribution in [0.4, 0.5) is 0 Å². The Morgan fingerprint density at radius 3 is 2.90 bits per heavy atom. The maximum atomic E-state index is 5.03. The maximum Gasteiger partial charge on any atom is 0.0977 e. The van der Waals surface area contributed by atoms with Crippen LogP contribution in [0.15, 0.2) is 23.0 Å². The van der Waals surface area contributed by atoms with Crippen LogP contribution in [0.25, 0.3) is 6.08 Å². The highest BCUT2D eigenvalue weighted by atomic mass is 16.3. The minimum atomic E-state index is 1.04. The third-order valence-electron chi connectivity index (χ3n) is 1.25. The highest BCUT2D eigenvalue weighted by molar-refractivity contribution is 5.54.